The monoisotopic (exact) mass is 253 g/mol. The van der Waals surface area contributed by atoms with E-state index >= 15 is 0 Å². The van der Waals surface area contributed by atoms with Gasteiger partial charge in [-0.1, -0.05) is 18.2 Å². The third-order valence-electron chi connectivity index (χ3n) is 3.41. The Morgan fingerprint density at radius 3 is 2.74 bits per heavy atom. The predicted molar refractivity (Wildman–Crippen MR) is 75.5 cm³/mol. The van der Waals surface area contributed by atoms with Gasteiger partial charge in [-0.3, -0.25) is 4.79 Å². The molecule has 0 aromatic heterocycles. The predicted octanol–water partition coefficient (Wildman–Crippen LogP) is 3.17. The van der Waals surface area contributed by atoms with Crippen LogP contribution in [0, 0.1) is 6.92 Å². The van der Waals surface area contributed by atoms with Crippen molar-refractivity contribution < 1.29 is 9.53 Å². The summed E-state index contributed by atoms with van der Waals surface area (Å²) >= 11 is 0. The summed E-state index contributed by atoms with van der Waals surface area (Å²) in [4.78, 5) is 11.9. The number of ether oxygens (including phenoxy) is 1. The topological polar surface area (TPSA) is 38.3 Å². The number of amides is 1. The summed E-state index contributed by atoms with van der Waals surface area (Å²) in [7, 11) is 1.65. The molecule has 1 aliphatic rings. The molecule has 19 heavy (non-hydrogen) atoms. The van der Waals surface area contributed by atoms with Crippen LogP contribution in [0.2, 0.25) is 0 Å². The quantitative estimate of drug-likeness (QED) is 0.847. The summed E-state index contributed by atoms with van der Waals surface area (Å²) < 4.78 is 5.28. The van der Waals surface area contributed by atoms with Crippen molar-refractivity contribution >= 4 is 11.6 Å². The van der Waals surface area contributed by atoms with Gasteiger partial charge in [0.2, 0.25) is 5.91 Å². The molecule has 0 radical (unpaired) electrons. The van der Waals surface area contributed by atoms with Crippen molar-refractivity contribution in [2.24, 2.45) is 0 Å². The van der Waals surface area contributed by atoms with Gasteiger partial charge < -0.3 is 10.1 Å². The molecule has 2 aromatic rings. The zero-order chi connectivity index (χ0) is 13.4. The number of anilines is 1. The molecule has 0 saturated heterocycles. The van der Waals surface area contributed by atoms with Crippen LogP contribution in [0.4, 0.5) is 5.69 Å². The Kier molecular flexibility index (Phi) is 2.75. The van der Waals surface area contributed by atoms with Gasteiger partial charge in [0.15, 0.2) is 0 Å². The molecule has 0 aliphatic carbocycles. The molecular formula is C16H15NO2. The molecule has 3 nitrogen and oxygen atoms in total. The maximum atomic E-state index is 11.9. The van der Waals surface area contributed by atoms with Crippen molar-refractivity contribution in [1.29, 1.82) is 0 Å². The summed E-state index contributed by atoms with van der Waals surface area (Å²) in [5, 5.41) is 2.97. The van der Waals surface area contributed by atoms with E-state index in [-0.39, 0.29) is 5.91 Å². The zero-order valence-corrected chi connectivity index (χ0v) is 11.0. The van der Waals surface area contributed by atoms with Crippen LogP contribution in [0.5, 0.6) is 5.75 Å². The van der Waals surface area contributed by atoms with Crippen molar-refractivity contribution in [1.82, 2.24) is 0 Å². The van der Waals surface area contributed by atoms with Crippen LogP contribution in [0.15, 0.2) is 36.4 Å². The molecule has 2 aromatic carbocycles. The lowest BCUT2D eigenvalue weighted by Gasteiger charge is -2.11. The average Bonchev–Trinajstić information content (AvgIpc) is 2.52. The molecule has 3 heteroatoms. The molecule has 0 atom stereocenters. The van der Waals surface area contributed by atoms with Crippen molar-refractivity contribution in [3.8, 4) is 16.9 Å². The van der Waals surface area contributed by atoms with Gasteiger partial charge in [-0.05, 0) is 41.8 Å². The molecule has 1 heterocycles. The van der Waals surface area contributed by atoms with Crippen molar-refractivity contribution in [3.05, 3.63) is 47.5 Å². The van der Waals surface area contributed by atoms with E-state index in [4.69, 9.17) is 4.74 Å². The van der Waals surface area contributed by atoms with Gasteiger partial charge in [-0.25, -0.2) is 0 Å². The van der Waals surface area contributed by atoms with Crippen LogP contribution in [0.3, 0.4) is 0 Å². The van der Waals surface area contributed by atoms with Crippen LogP contribution in [-0.2, 0) is 11.2 Å². The smallest absolute Gasteiger partial charge is 0.228 e. The fourth-order valence-corrected chi connectivity index (χ4v) is 2.45. The first-order valence-electron chi connectivity index (χ1n) is 6.25. The summed E-state index contributed by atoms with van der Waals surface area (Å²) in [6, 6.07) is 12.0. The highest BCUT2D eigenvalue weighted by atomic mass is 16.5. The lowest BCUT2D eigenvalue weighted by Crippen LogP contribution is -2.12. The van der Waals surface area contributed by atoms with Gasteiger partial charge >= 0.3 is 0 Å². The van der Waals surface area contributed by atoms with Gasteiger partial charge in [-0.15, -0.1) is 0 Å². The number of hydrogen-bond donors (Lipinski definition) is 1. The van der Waals surface area contributed by atoms with E-state index in [9.17, 15) is 4.79 Å². The first-order valence-corrected chi connectivity index (χ1v) is 6.25. The second kappa shape index (κ2) is 4.43. The fraction of sp³-hybridized carbons (Fsp3) is 0.188. The van der Waals surface area contributed by atoms with Gasteiger partial charge in [0, 0.05) is 11.3 Å². The molecule has 3 rings (SSSR count). The molecule has 0 bridgehead atoms. The highest BCUT2D eigenvalue weighted by Crippen LogP contribution is 2.36. The van der Waals surface area contributed by atoms with Gasteiger partial charge in [-0.2, -0.15) is 0 Å². The molecular weight excluding hydrogens is 238 g/mol. The van der Waals surface area contributed by atoms with E-state index in [0.717, 1.165) is 33.7 Å². The molecule has 0 unspecified atom stereocenters. The second-order valence-corrected chi connectivity index (χ2v) is 4.80. The second-order valence-electron chi connectivity index (χ2n) is 4.80. The number of benzene rings is 2. The minimum atomic E-state index is 0.0239. The Bertz CT molecular complexity index is 662. The Morgan fingerprint density at radius 1 is 1.11 bits per heavy atom. The number of carbonyl (C=O) groups excluding carboxylic acids is 1. The number of carbonyl (C=O) groups is 1. The van der Waals surface area contributed by atoms with Gasteiger partial charge in [0.1, 0.15) is 5.75 Å². The minimum absolute atomic E-state index is 0.0239. The Labute approximate surface area is 112 Å². The van der Waals surface area contributed by atoms with Gasteiger partial charge in [0.25, 0.3) is 0 Å². The molecule has 0 fully saturated rings. The third kappa shape index (κ3) is 2.08. The minimum Gasteiger partial charge on any atom is -0.497 e. The number of methoxy groups -OCH3 is 1. The highest BCUT2D eigenvalue weighted by Gasteiger charge is 2.19. The molecule has 0 saturated carbocycles. The molecule has 1 aliphatic heterocycles. The maximum absolute atomic E-state index is 11.9. The number of rotatable bonds is 1. The number of aryl methyl sites for hydroxylation is 1. The molecule has 96 valence electrons. The number of nitrogens with one attached hydrogen (secondary N) is 1. The summed E-state index contributed by atoms with van der Waals surface area (Å²) in [5.41, 5.74) is 5.14. The van der Waals surface area contributed by atoms with Gasteiger partial charge in [0.05, 0.1) is 13.5 Å². The van der Waals surface area contributed by atoms with Crippen LogP contribution < -0.4 is 10.1 Å². The van der Waals surface area contributed by atoms with E-state index < -0.39 is 0 Å². The Balaban J connectivity index is 2.26. The first-order chi connectivity index (χ1) is 9.17. The van der Waals surface area contributed by atoms with Crippen LogP contribution >= 0.6 is 0 Å². The average molecular weight is 253 g/mol. The maximum Gasteiger partial charge on any atom is 0.228 e. The number of hydrogen-bond acceptors (Lipinski definition) is 2. The van der Waals surface area contributed by atoms with E-state index in [2.05, 4.69) is 17.4 Å². The zero-order valence-electron chi connectivity index (χ0n) is 11.0. The van der Waals surface area contributed by atoms with Crippen LogP contribution in [0.25, 0.3) is 11.1 Å². The number of fused-ring (bicyclic) bond motifs is 3. The SMILES string of the molecule is COc1ccc2c(c1)-c1ccc(C)cc1NC(=O)C2. The Morgan fingerprint density at radius 2 is 1.95 bits per heavy atom. The normalized spacial score (nSPS) is 13.1. The fourth-order valence-electron chi connectivity index (χ4n) is 2.45. The first kappa shape index (κ1) is 11.8. The summed E-state index contributed by atoms with van der Waals surface area (Å²) in [6.45, 7) is 2.02. The molecule has 0 spiro atoms. The summed E-state index contributed by atoms with van der Waals surface area (Å²) in [6.07, 6.45) is 0.396. The lowest BCUT2D eigenvalue weighted by atomic mass is 9.96. The summed E-state index contributed by atoms with van der Waals surface area (Å²) in [5.74, 6) is 0.829. The third-order valence-corrected chi connectivity index (χ3v) is 3.41. The van der Waals surface area contributed by atoms with Crippen molar-refractivity contribution in [3.63, 3.8) is 0 Å². The Hall–Kier alpha value is -2.29. The van der Waals surface area contributed by atoms with Crippen LogP contribution in [-0.4, -0.2) is 13.0 Å². The van der Waals surface area contributed by atoms with E-state index in [1.807, 2.05) is 31.2 Å². The highest BCUT2D eigenvalue weighted by molar-refractivity contribution is 6.00. The lowest BCUT2D eigenvalue weighted by molar-refractivity contribution is -0.115. The molecule has 1 amide bonds. The van der Waals surface area contributed by atoms with Crippen LogP contribution in [0.1, 0.15) is 11.1 Å². The molecule has 1 N–H and O–H groups in total. The largest absolute Gasteiger partial charge is 0.497 e. The van der Waals surface area contributed by atoms with Crippen molar-refractivity contribution in [2.45, 2.75) is 13.3 Å². The van der Waals surface area contributed by atoms with E-state index in [1.165, 1.54) is 0 Å². The van der Waals surface area contributed by atoms with Crippen molar-refractivity contribution in [2.75, 3.05) is 12.4 Å². The van der Waals surface area contributed by atoms with E-state index in [1.54, 1.807) is 7.11 Å². The van der Waals surface area contributed by atoms with E-state index in [0.29, 0.717) is 6.42 Å². The standard InChI is InChI=1S/C16H15NO2/c1-10-3-6-13-14-9-12(19-2)5-4-11(14)8-16(18)17-15(13)7-10/h3-7,9H,8H2,1-2H3,(H,17,18).